The van der Waals surface area contributed by atoms with Crippen LogP contribution in [0.1, 0.15) is 239 Å². The monoisotopic (exact) mass is 979 g/mol. The lowest BCUT2D eigenvalue weighted by molar-refractivity contribution is -0.161. The summed E-state index contributed by atoms with van der Waals surface area (Å²) in [5.74, 6) is -0.616. The van der Waals surface area contributed by atoms with Crippen LogP contribution in [0.4, 0.5) is 0 Å². The second kappa shape index (κ2) is 60.1. The predicted octanol–water partition coefficient (Wildman–Crippen LogP) is 19.8. The van der Waals surface area contributed by atoms with E-state index in [0.29, 0.717) is 12.8 Å². The number of carbonyl (C=O) groups excluding carboxylic acids is 2. The zero-order valence-electron chi connectivity index (χ0n) is 45.7. The molecule has 0 aliphatic carbocycles. The minimum atomic E-state index is -0.790. The minimum Gasteiger partial charge on any atom is -0.462 e. The van der Waals surface area contributed by atoms with Gasteiger partial charge in [-0.2, -0.15) is 0 Å². The molecule has 0 aromatic heterocycles. The lowest BCUT2D eigenvalue weighted by Crippen LogP contribution is -2.28. The van der Waals surface area contributed by atoms with Crippen molar-refractivity contribution in [3.63, 3.8) is 0 Å². The van der Waals surface area contributed by atoms with Gasteiger partial charge in [-0.25, -0.2) is 0 Å². The van der Waals surface area contributed by atoms with Gasteiger partial charge in [0.15, 0.2) is 6.10 Å². The average molecular weight is 980 g/mol. The van der Waals surface area contributed by atoms with E-state index in [1.54, 1.807) is 0 Å². The SMILES string of the molecule is CC/C=C\C/C=C\C/C=C\C/C=C\C/C=C\C/C=C\C/C=C\C/C=C\C/C=C\C/C=C\CCCCCCCCCCC(=O)OC(CO)COC(=O)CCCCCCCCC/C=C\C/C=C\CCCCCC. The molecule has 400 valence electrons. The molecule has 0 rings (SSSR count). The molecule has 1 unspecified atom stereocenters. The molecule has 0 aromatic carbocycles. The third-order valence-corrected chi connectivity index (χ3v) is 11.9. The highest BCUT2D eigenvalue weighted by Crippen LogP contribution is 2.14. The fourth-order valence-electron chi connectivity index (χ4n) is 7.55. The van der Waals surface area contributed by atoms with Gasteiger partial charge < -0.3 is 14.6 Å². The van der Waals surface area contributed by atoms with E-state index < -0.39 is 6.10 Å². The van der Waals surface area contributed by atoms with E-state index in [9.17, 15) is 14.7 Å². The lowest BCUT2D eigenvalue weighted by Gasteiger charge is -2.15. The summed E-state index contributed by atoms with van der Waals surface area (Å²) in [7, 11) is 0. The molecular weight excluding hydrogens is 873 g/mol. The first-order chi connectivity index (χ1) is 35.1. The van der Waals surface area contributed by atoms with Crippen molar-refractivity contribution in [1.82, 2.24) is 0 Å². The van der Waals surface area contributed by atoms with Crippen molar-refractivity contribution in [1.29, 1.82) is 0 Å². The molecule has 71 heavy (non-hydrogen) atoms. The number of aliphatic hydroxyl groups is 1. The fraction of sp³-hybridized carbons (Fsp3) is 0.606. The number of allylic oxidation sites excluding steroid dienone is 24. The average Bonchev–Trinajstić information content (AvgIpc) is 3.37. The Morgan fingerprint density at radius 2 is 0.606 bits per heavy atom. The van der Waals surface area contributed by atoms with Crippen LogP contribution < -0.4 is 0 Å². The van der Waals surface area contributed by atoms with Crippen molar-refractivity contribution >= 4 is 11.9 Å². The molecule has 1 atom stereocenters. The molecule has 0 heterocycles. The van der Waals surface area contributed by atoms with Crippen LogP contribution in [0.2, 0.25) is 0 Å². The van der Waals surface area contributed by atoms with Crippen molar-refractivity contribution < 1.29 is 24.2 Å². The topological polar surface area (TPSA) is 72.8 Å². The molecule has 0 aliphatic heterocycles. The molecule has 0 bridgehead atoms. The molecule has 5 heteroatoms. The lowest BCUT2D eigenvalue weighted by atomic mass is 10.1. The van der Waals surface area contributed by atoms with Crippen LogP contribution in [0, 0.1) is 0 Å². The van der Waals surface area contributed by atoms with E-state index in [0.717, 1.165) is 122 Å². The molecular formula is C66H106O5. The molecule has 1 N–H and O–H groups in total. The maximum atomic E-state index is 12.3. The van der Waals surface area contributed by atoms with Crippen molar-refractivity contribution in [3.05, 3.63) is 146 Å². The number of carbonyl (C=O) groups is 2. The molecule has 0 fully saturated rings. The summed E-state index contributed by atoms with van der Waals surface area (Å²) >= 11 is 0. The zero-order valence-corrected chi connectivity index (χ0v) is 45.7. The Balaban J connectivity index is 3.62. The Bertz CT molecular complexity index is 1530. The highest BCUT2D eigenvalue weighted by atomic mass is 16.6. The highest BCUT2D eigenvalue weighted by molar-refractivity contribution is 5.70. The molecule has 0 radical (unpaired) electrons. The van der Waals surface area contributed by atoms with Gasteiger partial charge in [0.1, 0.15) is 6.61 Å². The summed E-state index contributed by atoms with van der Waals surface area (Å²) in [5.41, 5.74) is 0. The van der Waals surface area contributed by atoms with Gasteiger partial charge in [-0.05, 0) is 122 Å². The number of hydrogen-bond acceptors (Lipinski definition) is 5. The molecule has 0 saturated carbocycles. The predicted molar refractivity (Wildman–Crippen MR) is 311 cm³/mol. The maximum absolute atomic E-state index is 12.3. The summed E-state index contributed by atoms with van der Waals surface area (Å²) in [5, 5.41) is 9.64. The Labute approximate surface area is 438 Å². The number of hydrogen-bond donors (Lipinski definition) is 1. The highest BCUT2D eigenvalue weighted by Gasteiger charge is 2.16. The van der Waals surface area contributed by atoms with Crippen LogP contribution in [0.5, 0.6) is 0 Å². The van der Waals surface area contributed by atoms with Crippen LogP contribution in [-0.4, -0.2) is 36.4 Å². The van der Waals surface area contributed by atoms with Gasteiger partial charge in [0.25, 0.3) is 0 Å². The Morgan fingerprint density at radius 1 is 0.338 bits per heavy atom. The van der Waals surface area contributed by atoms with Crippen molar-refractivity contribution in [3.8, 4) is 0 Å². The summed E-state index contributed by atoms with van der Waals surface area (Å²) in [6.07, 6.45) is 91.0. The quantitative estimate of drug-likeness (QED) is 0.0373. The number of rotatable bonds is 51. The van der Waals surface area contributed by atoms with Gasteiger partial charge in [-0.15, -0.1) is 0 Å². The first kappa shape index (κ1) is 66.8. The second-order valence-electron chi connectivity index (χ2n) is 18.6. The van der Waals surface area contributed by atoms with E-state index in [2.05, 4.69) is 160 Å². The number of ether oxygens (including phenoxy) is 2. The van der Waals surface area contributed by atoms with Crippen LogP contribution in [0.3, 0.4) is 0 Å². The van der Waals surface area contributed by atoms with Gasteiger partial charge >= 0.3 is 11.9 Å². The largest absolute Gasteiger partial charge is 0.462 e. The van der Waals surface area contributed by atoms with Gasteiger partial charge in [-0.1, -0.05) is 250 Å². The normalized spacial score (nSPS) is 13.3. The van der Waals surface area contributed by atoms with Crippen molar-refractivity contribution in [2.45, 2.75) is 245 Å². The smallest absolute Gasteiger partial charge is 0.306 e. The Kier molecular flexibility index (Phi) is 56.5. The molecule has 0 amide bonds. The third-order valence-electron chi connectivity index (χ3n) is 11.9. The molecule has 0 aromatic rings. The first-order valence-electron chi connectivity index (χ1n) is 28.9. The molecule has 0 saturated heterocycles. The van der Waals surface area contributed by atoms with Crippen LogP contribution in [0.25, 0.3) is 0 Å². The second-order valence-corrected chi connectivity index (χ2v) is 18.6. The number of unbranched alkanes of at least 4 members (excludes halogenated alkanes) is 19. The first-order valence-corrected chi connectivity index (χ1v) is 28.9. The number of esters is 2. The third kappa shape index (κ3) is 58.2. The van der Waals surface area contributed by atoms with E-state index in [-0.39, 0.29) is 25.2 Å². The van der Waals surface area contributed by atoms with E-state index >= 15 is 0 Å². The van der Waals surface area contributed by atoms with E-state index in [1.807, 2.05) is 0 Å². The fourth-order valence-corrected chi connectivity index (χ4v) is 7.55. The van der Waals surface area contributed by atoms with Gasteiger partial charge in [0.05, 0.1) is 6.61 Å². The molecule has 5 nitrogen and oxygen atoms in total. The number of aliphatic hydroxyl groups excluding tert-OH is 1. The molecule has 0 aliphatic rings. The van der Waals surface area contributed by atoms with Crippen LogP contribution >= 0.6 is 0 Å². The summed E-state index contributed by atoms with van der Waals surface area (Å²) in [4.78, 5) is 24.5. The molecule has 0 spiro atoms. The van der Waals surface area contributed by atoms with E-state index in [1.165, 1.54) is 89.9 Å². The summed E-state index contributed by atoms with van der Waals surface area (Å²) in [6, 6.07) is 0. The van der Waals surface area contributed by atoms with Gasteiger partial charge in [0.2, 0.25) is 0 Å². The van der Waals surface area contributed by atoms with Gasteiger partial charge in [-0.3, -0.25) is 9.59 Å². The van der Waals surface area contributed by atoms with Crippen molar-refractivity contribution in [2.75, 3.05) is 13.2 Å². The maximum Gasteiger partial charge on any atom is 0.306 e. The summed E-state index contributed by atoms with van der Waals surface area (Å²) in [6.45, 7) is 3.99. The minimum absolute atomic E-state index is 0.0811. The zero-order chi connectivity index (χ0) is 51.3. The van der Waals surface area contributed by atoms with Crippen LogP contribution in [0.15, 0.2) is 146 Å². The van der Waals surface area contributed by atoms with Crippen LogP contribution in [-0.2, 0) is 19.1 Å². The standard InChI is InChI=1S/C66H106O5/c1-3-5-7-9-11-13-15-17-19-21-23-24-25-26-27-28-29-30-31-32-33-34-35-36-37-38-39-40-41-42-43-45-47-49-51-53-55-57-59-61-66(69)71-64(62-67)63-70-65(68)60-58-56-54-52-50-48-46-44-22-20-18-16-14-12-10-8-6-4-2/h5,7,11,13-14,16-17,19-20,22-24,26-27,29-30,32-33,35-36,38-39,41-42,64,67H,3-4,6,8-10,12,15,18,21,25,28,31,34,37,40,43-63H2,1-2H3/b7-5-,13-11-,16-14-,19-17-,22-20-,24-23-,27-26-,30-29-,33-32-,36-35-,39-38-,42-41-. The Morgan fingerprint density at radius 3 is 0.915 bits per heavy atom. The summed E-state index contributed by atoms with van der Waals surface area (Å²) < 4.78 is 10.7. The van der Waals surface area contributed by atoms with Gasteiger partial charge in [0, 0.05) is 12.8 Å². The van der Waals surface area contributed by atoms with E-state index in [4.69, 9.17) is 9.47 Å². The van der Waals surface area contributed by atoms with Crippen molar-refractivity contribution in [2.24, 2.45) is 0 Å². The Hall–Kier alpha value is -4.22.